The topological polar surface area (TPSA) is 176 Å². The maximum absolute atomic E-state index is 6.88. The molecule has 0 amide bonds. The molecule has 71 valence electrons. The van der Waals surface area contributed by atoms with Gasteiger partial charge in [-0.25, -0.2) is 0 Å². The van der Waals surface area contributed by atoms with Gasteiger partial charge in [0, 0.05) is 20.4 Å². The van der Waals surface area contributed by atoms with Gasteiger partial charge in [-0.15, -0.1) is 0 Å². The van der Waals surface area contributed by atoms with Gasteiger partial charge in [0.15, 0.2) is 0 Å². The van der Waals surface area contributed by atoms with Crippen molar-refractivity contribution in [1.82, 2.24) is 0 Å². The SMILES string of the molecule is N#CO.N#CO.N#CO.N#CO.[Re]. The van der Waals surface area contributed by atoms with Crippen LogP contribution in [0.3, 0.4) is 0 Å². The monoisotopic (exact) mass is 359 g/mol. The molecule has 13 heavy (non-hydrogen) atoms. The summed E-state index contributed by atoms with van der Waals surface area (Å²) in [5, 5.41) is 55.0. The summed E-state index contributed by atoms with van der Waals surface area (Å²) < 4.78 is 0. The first-order chi connectivity index (χ1) is 5.66. The third kappa shape index (κ3) is 127. The van der Waals surface area contributed by atoms with E-state index < -0.39 is 0 Å². The number of rotatable bonds is 0. The van der Waals surface area contributed by atoms with Crippen molar-refractivity contribution in [1.29, 1.82) is 21.0 Å². The summed E-state index contributed by atoms with van der Waals surface area (Å²) >= 11 is 0. The smallest absolute Gasteiger partial charge is 0.283 e. The standard InChI is InChI=1S/4CHNO.Re/c4*2-1-3;/h4*3H;. The molecule has 1 radical (unpaired) electrons. The summed E-state index contributed by atoms with van der Waals surface area (Å²) in [6, 6.07) is 0. The molecule has 0 unspecified atom stereocenters. The molecule has 0 atom stereocenters. The molecule has 0 saturated carbocycles. The second-order valence-corrected chi connectivity index (χ2v) is 0.400. The number of aliphatic hydroxyl groups is 4. The summed E-state index contributed by atoms with van der Waals surface area (Å²) in [7, 11) is 0. The molecule has 8 nitrogen and oxygen atoms in total. The van der Waals surface area contributed by atoms with E-state index in [1.807, 2.05) is 0 Å². The Hall–Kier alpha value is -2.18. The second kappa shape index (κ2) is 230. The Morgan fingerprint density at radius 3 is 0.538 bits per heavy atom. The molecule has 0 bridgehead atoms. The van der Waals surface area contributed by atoms with Gasteiger partial charge in [-0.3, -0.25) is 0 Å². The summed E-state index contributed by atoms with van der Waals surface area (Å²) in [5.41, 5.74) is 0. The Morgan fingerprint density at radius 2 is 0.538 bits per heavy atom. The molecule has 0 aliphatic heterocycles. The van der Waals surface area contributed by atoms with Crippen LogP contribution in [0.2, 0.25) is 0 Å². The molecule has 9 heteroatoms. The average Bonchev–Trinajstić information content (AvgIpc) is 1.92. The number of nitrogens with zero attached hydrogens (tertiary/aromatic N) is 4. The molecule has 0 aliphatic carbocycles. The van der Waals surface area contributed by atoms with Crippen molar-refractivity contribution in [3.8, 4) is 25.0 Å². The molecule has 0 rings (SSSR count). The summed E-state index contributed by atoms with van der Waals surface area (Å²) in [4.78, 5) is 0. The van der Waals surface area contributed by atoms with Crippen LogP contribution in [0.15, 0.2) is 0 Å². The van der Waals surface area contributed by atoms with E-state index in [4.69, 9.17) is 41.5 Å². The van der Waals surface area contributed by atoms with Crippen molar-refractivity contribution >= 4 is 0 Å². The van der Waals surface area contributed by atoms with Gasteiger partial charge < -0.3 is 20.4 Å². The van der Waals surface area contributed by atoms with Crippen LogP contribution in [0.4, 0.5) is 0 Å². The molecule has 0 spiro atoms. The van der Waals surface area contributed by atoms with E-state index in [-0.39, 0.29) is 20.4 Å². The van der Waals surface area contributed by atoms with Crippen LogP contribution in [-0.2, 0) is 20.4 Å². The Kier molecular flexibility index (Phi) is 545. The van der Waals surface area contributed by atoms with Crippen LogP contribution in [0, 0.1) is 46.1 Å². The van der Waals surface area contributed by atoms with Crippen molar-refractivity contribution in [3.63, 3.8) is 0 Å². The van der Waals surface area contributed by atoms with E-state index in [9.17, 15) is 0 Å². The number of hydrogen-bond acceptors (Lipinski definition) is 8. The molecule has 0 aromatic rings. The second-order valence-electron chi connectivity index (χ2n) is 0.400. The van der Waals surface area contributed by atoms with Crippen LogP contribution in [0.5, 0.6) is 0 Å². The first-order valence-corrected chi connectivity index (χ1v) is 1.79. The van der Waals surface area contributed by atoms with E-state index in [1.54, 1.807) is 0 Å². The third-order valence-corrected chi connectivity index (χ3v) is 0. The van der Waals surface area contributed by atoms with Crippen molar-refractivity contribution in [2.45, 2.75) is 0 Å². The van der Waals surface area contributed by atoms with E-state index >= 15 is 0 Å². The third-order valence-electron chi connectivity index (χ3n) is 0. The van der Waals surface area contributed by atoms with Gasteiger partial charge in [0.2, 0.25) is 0 Å². The van der Waals surface area contributed by atoms with Gasteiger partial charge in [-0.05, 0) is 0 Å². The van der Waals surface area contributed by atoms with Crippen molar-refractivity contribution in [2.75, 3.05) is 0 Å². The van der Waals surface area contributed by atoms with Crippen LogP contribution < -0.4 is 0 Å². The fourth-order valence-corrected chi connectivity index (χ4v) is 0. The van der Waals surface area contributed by atoms with E-state index in [0.29, 0.717) is 0 Å². The van der Waals surface area contributed by atoms with Crippen LogP contribution >= 0.6 is 0 Å². The molecule has 0 aromatic heterocycles. The van der Waals surface area contributed by atoms with E-state index in [0.717, 1.165) is 25.0 Å². The largest absolute Gasteiger partial charge is 0.443 e. The minimum atomic E-state index is 0. The minimum Gasteiger partial charge on any atom is -0.443 e. The van der Waals surface area contributed by atoms with Gasteiger partial charge in [0.25, 0.3) is 25.0 Å². The van der Waals surface area contributed by atoms with Gasteiger partial charge in [0.05, 0.1) is 0 Å². The zero-order valence-electron chi connectivity index (χ0n) is 5.96. The Bertz CT molecular complexity index is 158. The summed E-state index contributed by atoms with van der Waals surface area (Å²) in [6.45, 7) is 0. The van der Waals surface area contributed by atoms with Crippen LogP contribution in [0.25, 0.3) is 0 Å². The molecular formula is C4H4N4O4Re. The normalized spacial score (nSPS) is 2.15. The number of nitriles is 4. The quantitative estimate of drug-likeness (QED) is 0.413. The fraction of sp³-hybridized carbons (Fsp3) is 0. The zero-order chi connectivity index (χ0) is 10.8. The first kappa shape index (κ1) is 30.8. The van der Waals surface area contributed by atoms with Gasteiger partial charge >= 0.3 is 0 Å². The van der Waals surface area contributed by atoms with Crippen molar-refractivity contribution < 1.29 is 40.8 Å². The molecule has 0 aliphatic rings. The summed E-state index contributed by atoms with van der Waals surface area (Å²) in [5.74, 6) is 0. The van der Waals surface area contributed by atoms with Crippen LogP contribution in [-0.4, -0.2) is 20.4 Å². The first-order valence-electron chi connectivity index (χ1n) is 1.79. The molecule has 0 heterocycles. The minimum absolute atomic E-state index is 0. The van der Waals surface area contributed by atoms with Crippen molar-refractivity contribution in [2.24, 2.45) is 0 Å². The molecule has 0 saturated heterocycles. The number of hydrogen-bond donors (Lipinski definition) is 4. The van der Waals surface area contributed by atoms with Crippen molar-refractivity contribution in [3.05, 3.63) is 0 Å². The van der Waals surface area contributed by atoms with E-state index in [1.165, 1.54) is 0 Å². The van der Waals surface area contributed by atoms with Crippen LogP contribution in [0.1, 0.15) is 0 Å². The summed E-state index contributed by atoms with van der Waals surface area (Å²) in [6.07, 6.45) is 3.00. The predicted octanol–water partition coefficient (Wildman–Crippen LogP) is -0.643. The maximum Gasteiger partial charge on any atom is 0.283 e. The van der Waals surface area contributed by atoms with Gasteiger partial charge in [-0.2, -0.15) is 21.0 Å². The zero-order valence-corrected chi connectivity index (χ0v) is 8.67. The Balaban J connectivity index is -0.0000000213. The molecular weight excluding hydrogens is 354 g/mol. The Labute approximate surface area is 87.4 Å². The Morgan fingerprint density at radius 1 is 0.538 bits per heavy atom. The maximum atomic E-state index is 6.88. The van der Waals surface area contributed by atoms with E-state index in [2.05, 4.69) is 0 Å². The molecule has 0 fully saturated rings. The molecule has 4 N–H and O–H groups in total. The fourth-order valence-electron chi connectivity index (χ4n) is 0. The predicted molar refractivity (Wildman–Crippen MR) is 30.2 cm³/mol. The average molecular weight is 358 g/mol. The number of aliphatic hydroxyl groups excluding tert-OH is 4. The molecule has 0 aromatic carbocycles. The van der Waals surface area contributed by atoms with Gasteiger partial charge in [-0.1, -0.05) is 0 Å². The van der Waals surface area contributed by atoms with Gasteiger partial charge in [0.1, 0.15) is 0 Å².